The number of nitro benzene ring substituents is 2. The molecule has 1 aliphatic heterocycles. The smallest absolute Gasteiger partial charge is 0.312 e. The van der Waals surface area contributed by atoms with Gasteiger partial charge in [0.25, 0.3) is 11.4 Å². The second-order valence-corrected chi connectivity index (χ2v) is 10.9. The molecule has 0 saturated heterocycles. The van der Waals surface area contributed by atoms with Crippen LogP contribution in [0.4, 0.5) is 11.4 Å². The molecule has 0 aromatic heterocycles. The lowest BCUT2D eigenvalue weighted by Crippen LogP contribution is -2.35. The maximum absolute atomic E-state index is 12.7. The van der Waals surface area contributed by atoms with Crippen molar-refractivity contribution in [2.75, 3.05) is 13.2 Å². The van der Waals surface area contributed by atoms with Crippen LogP contribution in [0.3, 0.4) is 0 Å². The van der Waals surface area contributed by atoms with Gasteiger partial charge in [0.1, 0.15) is 0 Å². The Hall–Kier alpha value is -4.63. The lowest BCUT2D eigenvalue weighted by molar-refractivity contribution is -0.385. The number of hydrogen-bond acceptors (Lipinski definition) is 7. The first kappa shape index (κ1) is 28.9. The molecule has 0 saturated carbocycles. The third-order valence-corrected chi connectivity index (χ3v) is 8.34. The predicted octanol–water partition coefficient (Wildman–Crippen LogP) is 6.43. The van der Waals surface area contributed by atoms with Gasteiger partial charge >= 0.3 is 5.97 Å². The summed E-state index contributed by atoms with van der Waals surface area (Å²) in [5, 5.41) is 22.4. The summed E-state index contributed by atoms with van der Waals surface area (Å²) in [6.45, 7) is 6.18. The number of fused-ring (bicyclic) bond motifs is 1. The maximum Gasteiger partial charge on any atom is 0.312 e. The van der Waals surface area contributed by atoms with Crippen molar-refractivity contribution in [2.24, 2.45) is 5.92 Å². The van der Waals surface area contributed by atoms with Crippen LogP contribution in [-0.2, 0) is 34.5 Å². The Morgan fingerprint density at radius 1 is 1.00 bits per heavy atom. The SMILES string of the molecule is CCOC(=O)C(C)C1=CC=CC(c2ccc([N+](=O)[O-])cc2)(c2cccc3c2CCN(Cc2ccc([N+](=O)[O-])cc2)C3)C1. The molecule has 42 heavy (non-hydrogen) atoms. The fourth-order valence-electron chi connectivity index (χ4n) is 6.11. The van der Waals surface area contributed by atoms with Gasteiger partial charge in [-0.1, -0.05) is 66.3 Å². The summed E-state index contributed by atoms with van der Waals surface area (Å²) in [5.74, 6) is -0.697. The molecule has 0 bridgehead atoms. The molecule has 1 aliphatic carbocycles. The molecule has 5 rings (SSSR count). The Labute approximate surface area is 244 Å². The van der Waals surface area contributed by atoms with Crippen molar-refractivity contribution in [1.82, 2.24) is 4.90 Å². The number of benzene rings is 3. The Balaban J connectivity index is 1.50. The number of hydrogen-bond donors (Lipinski definition) is 0. The van der Waals surface area contributed by atoms with Crippen LogP contribution in [0.25, 0.3) is 0 Å². The lowest BCUT2D eigenvalue weighted by Gasteiger charge is -2.40. The van der Waals surface area contributed by atoms with Gasteiger partial charge in [-0.15, -0.1) is 0 Å². The monoisotopic (exact) mass is 567 g/mol. The first-order chi connectivity index (χ1) is 20.2. The number of non-ortho nitro benzene ring substituents is 2. The minimum atomic E-state index is -0.619. The Morgan fingerprint density at radius 2 is 1.67 bits per heavy atom. The van der Waals surface area contributed by atoms with Gasteiger partial charge in [-0.2, -0.15) is 0 Å². The lowest BCUT2D eigenvalue weighted by atomic mass is 9.65. The van der Waals surface area contributed by atoms with E-state index in [-0.39, 0.29) is 17.3 Å². The van der Waals surface area contributed by atoms with E-state index in [0.29, 0.717) is 19.6 Å². The summed E-state index contributed by atoms with van der Waals surface area (Å²) in [7, 11) is 0. The minimum Gasteiger partial charge on any atom is -0.466 e. The zero-order valence-electron chi connectivity index (χ0n) is 23.7. The van der Waals surface area contributed by atoms with Gasteiger partial charge in [0.15, 0.2) is 0 Å². The molecule has 0 N–H and O–H groups in total. The fourth-order valence-corrected chi connectivity index (χ4v) is 6.11. The van der Waals surface area contributed by atoms with E-state index >= 15 is 0 Å². The maximum atomic E-state index is 12.7. The van der Waals surface area contributed by atoms with Crippen LogP contribution in [0.5, 0.6) is 0 Å². The topological polar surface area (TPSA) is 116 Å². The van der Waals surface area contributed by atoms with Crippen molar-refractivity contribution in [3.8, 4) is 0 Å². The molecule has 0 spiro atoms. The zero-order valence-corrected chi connectivity index (χ0v) is 23.7. The number of nitrogens with zero attached hydrogens (tertiary/aromatic N) is 3. The van der Waals surface area contributed by atoms with Crippen LogP contribution in [0, 0.1) is 26.1 Å². The van der Waals surface area contributed by atoms with Crippen molar-refractivity contribution in [1.29, 1.82) is 0 Å². The molecule has 2 atom stereocenters. The number of ether oxygens (including phenoxy) is 1. The van der Waals surface area contributed by atoms with Gasteiger partial charge in [0.2, 0.25) is 0 Å². The molecule has 0 amide bonds. The highest BCUT2D eigenvalue weighted by Gasteiger charge is 2.39. The quantitative estimate of drug-likeness (QED) is 0.166. The summed E-state index contributed by atoms with van der Waals surface area (Å²) in [6, 6.07) is 19.7. The van der Waals surface area contributed by atoms with Gasteiger partial charge in [0.05, 0.1) is 22.4 Å². The van der Waals surface area contributed by atoms with E-state index < -0.39 is 21.2 Å². The van der Waals surface area contributed by atoms with Crippen LogP contribution in [0.15, 0.2) is 90.5 Å². The highest BCUT2D eigenvalue weighted by molar-refractivity contribution is 5.76. The van der Waals surface area contributed by atoms with Gasteiger partial charge in [-0.3, -0.25) is 29.9 Å². The van der Waals surface area contributed by atoms with E-state index in [2.05, 4.69) is 29.2 Å². The summed E-state index contributed by atoms with van der Waals surface area (Å²) < 4.78 is 5.33. The molecular formula is C33H33N3O6. The Bertz CT molecular complexity index is 1560. The normalized spacial score (nSPS) is 19.0. The molecule has 2 aliphatic rings. The molecular weight excluding hydrogens is 534 g/mol. The average molecular weight is 568 g/mol. The van der Waals surface area contributed by atoms with Crippen LogP contribution >= 0.6 is 0 Å². The number of carbonyl (C=O) groups is 1. The van der Waals surface area contributed by atoms with Crippen LogP contribution in [-0.4, -0.2) is 33.9 Å². The Kier molecular flexibility index (Phi) is 8.31. The zero-order chi connectivity index (χ0) is 29.9. The van der Waals surface area contributed by atoms with E-state index in [4.69, 9.17) is 4.74 Å². The van der Waals surface area contributed by atoms with Crippen LogP contribution in [0.1, 0.15) is 48.1 Å². The minimum absolute atomic E-state index is 0.0290. The molecule has 3 aromatic rings. The second-order valence-electron chi connectivity index (χ2n) is 10.9. The largest absolute Gasteiger partial charge is 0.466 e. The summed E-state index contributed by atoms with van der Waals surface area (Å²) >= 11 is 0. The molecule has 1 heterocycles. The second kappa shape index (κ2) is 12.1. The summed E-state index contributed by atoms with van der Waals surface area (Å²) in [4.78, 5) is 36.7. The molecule has 9 heteroatoms. The highest BCUT2D eigenvalue weighted by atomic mass is 16.6. The molecule has 216 valence electrons. The predicted molar refractivity (Wildman–Crippen MR) is 159 cm³/mol. The van der Waals surface area contributed by atoms with Crippen molar-refractivity contribution in [3.63, 3.8) is 0 Å². The van der Waals surface area contributed by atoms with Crippen molar-refractivity contribution in [3.05, 3.63) is 139 Å². The first-order valence-corrected chi connectivity index (χ1v) is 14.1. The van der Waals surface area contributed by atoms with Crippen molar-refractivity contribution < 1.29 is 19.4 Å². The third-order valence-electron chi connectivity index (χ3n) is 8.34. The van der Waals surface area contributed by atoms with Gasteiger partial charge in [-0.25, -0.2) is 0 Å². The summed E-state index contributed by atoms with van der Waals surface area (Å²) in [6.07, 6.45) is 7.46. The molecule has 2 unspecified atom stereocenters. The average Bonchev–Trinajstić information content (AvgIpc) is 3.00. The van der Waals surface area contributed by atoms with Crippen LogP contribution < -0.4 is 0 Å². The van der Waals surface area contributed by atoms with Crippen molar-refractivity contribution >= 4 is 17.3 Å². The van der Waals surface area contributed by atoms with E-state index in [1.54, 1.807) is 31.2 Å². The van der Waals surface area contributed by atoms with E-state index in [9.17, 15) is 25.0 Å². The fraction of sp³-hybridized carbons (Fsp3) is 0.303. The highest BCUT2D eigenvalue weighted by Crippen LogP contribution is 2.46. The number of nitro groups is 2. The van der Waals surface area contributed by atoms with Gasteiger partial charge in [-0.05, 0) is 54.5 Å². The Morgan fingerprint density at radius 3 is 2.31 bits per heavy atom. The number of esters is 1. The van der Waals surface area contributed by atoms with E-state index in [1.165, 1.54) is 23.3 Å². The first-order valence-electron chi connectivity index (χ1n) is 14.1. The number of rotatable bonds is 9. The summed E-state index contributed by atoms with van der Waals surface area (Å²) in [5.41, 5.74) is 5.94. The molecule has 0 fully saturated rings. The van der Waals surface area contributed by atoms with Gasteiger partial charge < -0.3 is 4.74 Å². The molecule has 0 radical (unpaired) electrons. The molecule has 3 aromatic carbocycles. The number of allylic oxidation sites excluding steroid dienone is 3. The number of carbonyl (C=O) groups excluding carboxylic acids is 1. The standard InChI is InChI=1S/C33H33N3O6/c1-3-42-32(37)23(2)25-7-5-18-33(20-25,27-11-15-29(16-12-27)36(40)41)31-8-4-6-26-22-34(19-17-30(26)31)21-24-9-13-28(14-10-24)35(38)39/h4-16,18,23H,3,17,19-22H2,1-2H3. The third kappa shape index (κ3) is 5.73. The van der Waals surface area contributed by atoms with E-state index in [0.717, 1.165) is 41.8 Å². The van der Waals surface area contributed by atoms with Crippen LogP contribution in [0.2, 0.25) is 0 Å². The van der Waals surface area contributed by atoms with Crippen molar-refractivity contribution in [2.45, 2.75) is 45.2 Å². The van der Waals surface area contributed by atoms with Gasteiger partial charge in [0, 0.05) is 49.3 Å². The van der Waals surface area contributed by atoms with E-state index in [1.807, 2.05) is 31.2 Å². The molecule has 9 nitrogen and oxygen atoms in total.